The van der Waals surface area contributed by atoms with Gasteiger partial charge in [0.2, 0.25) is 47.3 Å². The quantitative estimate of drug-likeness (QED) is 0.0222. The van der Waals surface area contributed by atoms with Crippen LogP contribution in [0.5, 0.6) is 0 Å². The van der Waals surface area contributed by atoms with Crippen LogP contribution in [0.3, 0.4) is 0 Å². The predicted molar refractivity (Wildman–Crippen MR) is 280 cm³/mol. The van der Waals surface area contributed by atoms with Crippen LogP contribution in [-0.2, 0) is 56.0 Å². The van der Waals surface area contributed by atoms with E-state index in [-0.39, 0.29) is 102 Å². The van der Waals surface area contributed by atoms with Crippen molar-refractivity contribution >= 4 is 76.4 Å². The molecule has 19 N–H and O–H groups in total. The molecule has 0 radical (unpaired) electrons. The van der Waals surface area contributed by atoms with Crippen LogP contribution in [0.4, 0.5) is 0 Å². The van der Waals surface area contributed by atoms with Crippen molar-refractivity contribution in [2.75, 3.05) is 26.2 Å². The van der Waals surface area contributed by atoms with Gasteiger partial charge in [-0.15, -0.1) is 0 Å². The van der Waals surface area contributed by atoms with E-state index in [2.05, 4.69) is 58.2 Å². The standard InChI is InChI=1S/C50H74N16O9/c1-3-4-15-35(60-30(2)68)42(70)63-38-19-20-41(69)56-24-21-39(47(75)66-50(28-51,29-67)26-32-27-59-34-16-9-8-14-33(32)34)64-43(71)36(17-10-22-57-48(52)53)62-46(74)40(25-31-12-6-5-7-13-31)65-44(72)37(61-45(38)73)18-11-23-58-49(54)55/h5-9,12-14,16,27,29,35-40,59H,3-4,10-11,15,17-26,28,51H2,1-2H3,(H,56,69)(H,60,68)(H,61,73)(H,62,74)(H,63,70)(H,64,71)(H,65,72)(H,66,75)(H4,52,53,57)(H4,54,55,58)/t35-,36-,37-,38-,39-,40+,50+/m0/s1. The first-order valence-electron chi connectivity index (χ1n) is 25.2. The van der Waals surface area contributed by atoms with E-state index in [1.54, 1.807) is 36.5 Å². The number of aldehydes is 1. The number of nitrogens with one attached hydrogen (secondary N) is 13. The highest BCUT2D eigenvalue weighted by molar-refractivity contribution is 5.98. The van der Waals surface area contributed by atoms with E-state index in [1.165, 1.54) is 6.92 Å². The normalized spacial score (nSPS) is 20.3. The summed E-state index contributed by atoms with van der Waals surface area (Å²) >= 11 is 0. The Bertz CT molecular complexity index is 2470. The molecule has 75 heavy (non-hydrogen) atoms. The Labute approximate surface area is 435 Å². The summed E-state index contributed by atoms with van der Waals surface area (Å²) in [6, 6.07) is 7.88. The maximum atomic E-state index is 14.6. The number of hydrogen-bond acceptors (Lipinski definition) is 12. The van der Waals surface area contributed by atoms with Crippen LogP contribution in [0, 0.1) is 10.8 Å². The van der Waals surface area contributed by atoms with Crippen molar-refractivity contribution in [3.8, 4) is 0 Å². The van der Waals surface area contributed by atoms with Crippen molar-refractivity contribution in [1.29, 1.82) is 10.8 Å². The number of carbonyl (C=O) groups excluding carboxylic acids is 9. The van der Waals surface area contributed by atoms with E-state index in [4.69, 9.17) is 28.0 Å². The maximum absolute atomic E-state index is 14.6. The zero-order valence-electron chi connectivity index (χ0n) is 42.5. The van der Waals surface area contributed by atoms with Crippen molar-refractivity contribution < 1.29 is 43.2 Å². The molecule has 1 saturated heterocycles. The van der Waals surface area contributed by atoms with E-state index in [0.717, 1.165) is 10.9 Å². The zero-order chi connectivity index (χ0) is 54.9. The molecule has 408 valence electrons. The van der Waals surface area contributed by atoms with Crippen LogP contribution >= 0.6 is 0 Å². The topological polar surface area (TPSA) is 415 Å². The maximum Gasteiger partial charge on any atom is 0.243 e. The molecule has 0 bridgehead atoms. The summed E-state index contributed by atoms with van der Waals surface area (Å²) in [5.41, 5.74) is 17.6. The molecule has 1 fully saturated rings. The Kier molecular flexibility index (Phi) is 23.9. The first kappa shape index (κ1) is 59.5. The summed E-state index contributed by atoms with van der Waals surface area (Å²) in [5, 5.41) is 42.8. The van der Waals surface area contributed by atoms with Crippen LogP contribution in [0.1, 0.15) is 89.2 Å². The highest BCUT2D eigenvalue weighted by Gasteiger charge is 2.37. The number of benzene rings is 2. The zero-order valence-corrected chi connectivity index (χ0v) is 42.5. The number of aromatic amines is 1. The smallest absolute Gasteiger partial charge is 0.243 e. The van der Waals surface area contributed by atoms with Gasteiger partial charge in [0.25, 0.3) is 0 Å². The summed E-state index contributed by atoms with van der Waals surface area (Å²) in [6.07, 6.45) is 2.80. The van der Waals surface area contributed by atoms with E-state index in [9.17, 15) is 43.2 Å². The largest absolute Gasteiger partial charge is 0.370 e. The summed E-state index contributed by atoms with van der Waals surface area (Å²) < 4.78 is 0. The Morgan fingerprint density at radius 2 is 1.40 bits per heavy atom. The van der Waals surface area contributed by atoms with Gasteiger partial charge >= 0.3 is 0 Å². The molecule has 1 aromatic heterocycles. The molecule has 2 heterocycles. The second-order valence-corrected chi connectivity index (χ2v) is 18.5. The first-order chi connectivity index (χ1) is 35.9. The fourth-order valence-corrected chi connectivity index (χ4v) is 8.43. The molecule has 1 aliphatic rings. The minimum Gasteiger partial charge on any atom is -0.370 e. The van der Waals surface area contributed by atoms with Gasteiger partial charge < -0.3 is 80.1 Å². The highest BCUT2D eigenvalue weighted by atomic mass is 16.2. The molecule has 25 nitrogen and oxygen atoms in total. The average Bonchev–Trinajstić information content (AvgIpc) is 3.78. The second-order valence-electron chi connectivity index (χ2n) is 18.5. The third-order valence-corrected chi connectivity index (χ3v) is 12.5. The predicted octanol–water partition coefficient (Wildman–Crippen LogP) is -2.09. The lowest BCUT2D eigenvalue weighted by Crippen LogP contribution is -2.62. The first-order valence-corrected chi connectivity index (χ1v) is 25.2. The summed E-state index contributed by atoms with van der Waals surface area (Å²) in [7, 11) is 0. The lowest BCUT2D eigenvalue weighted by molar-refractivity contribution is -0.136. The second kappa shape index (κ2) is 30.2. The van der Waals surface area contributed by atoms with Crippen LogP contribution in [0.2, 0.25) is 0 Å². The number of para-hydroxylation sites is 1. The van der Waals surface area contributed by atoms with Gasteiger partial charge in [0.15, 0.2) is 11.9 Å². The number of hydrogen-bond donors (Lipinski definition) is 16. The Morgan fingerprint density at radius 3 is 2.01 bits per heavy atom. The minimum atomic E-state index is -1.67. The molecular formula is C50H74N16O9. The van der Waals surface area contributed by atoms with Gasteiger partial charge in [-0.2, -0.15) is 0 Å². The van der Waals surface area contributed by atoms with Crippen LogP contribution in [-0.4, -0.2) is 138 Å². The minimum absolute atomic E-state index is 0.0396. The lowest BCUT2D eigenvalue weighted by atomic mass is 9.91. The number of amides is 8. The molecule has 0 unspecified atom stereocenters. The highest BCUT2D eigenvalue weighted by Crippen LogP contribution is 2.22. The van der Waals surface area contributed by atoms with Gasteiger partial charge in [0.1, 0.15) is 48.1 Å². The van der Waals surface area contributed by atoms with E-state index < -0.39 is 89.0 Å². The van der Waals surface area contributed by atoms with Gasteiger partial charge in [0.05, 0.1) is 0 Å². The molecule has 0 aliphatic carbocycles. The SMILES string of the molecule is CCCC[C@H](NC(C)=O)C(=O)N[C@H]1CCC(=O)NCC[C@@H](C(=O)N[C@@](C=O)(CN)Cc2c[nH]c3ccccc23)NC(=O)[C@H](CCCNC(=N)N)NC(=O)[C@@H](Cc2ccccc2)NC(=O)[C@H](CCCNC(=N)N)NC1=O. The molecule has 0 saturated carbocycles. The Hall–Kier alpha value is -8.09. The number of guanidine groups is 2. The molecule has 7 atom stereocenters. The molecule has 0 spiro atoms. The van der Waals surface area contributed by atoms with E-state index >= 15 is 0 Å². The summed E-state index contributed by atoms with van der Waals surface area (Å²) in [5.74, 6) is -6.74. The number of H-pyrrole nitrogens is 1. The third-order valence-electron chi connectivity index (χ3n) is 12.5. The Balaban J connectivity index is 1.78. The molecular weight excluding hydrogens is 969 g/mol. The van der Waals surface area contributed by atoms with Crippen molar-refractivity contribution in [3.63, 3.8) is 0 Å². The van der Waals surface area contributed by atoms with Crippen molar-refractivity contribution in [2.24, 2.45) is 17.2 Å². The van der Waals surface area contributed by atoms with Crippen molar-refractivity contribution in [1.82, 2.24) is 58.2 Å². The fourth-order valence-electron chi connectivity index (χ4n) is 8.43. The monoisotopic (exact) mass is 1040 g/mol. The van der Waals surface area contributed by atoms with Crippen LogP contribution in [0.25, 0.3) is 10.9 Å². The van der Waals surface area contributed by atoms with E-state index in [0.29, 0.717) is 30.3 Å². The number of fused-ring (bicyclic) bond motifs is 1. The molecule has 3 aromatic rings. The van der Waals surface area contributed by atoms with Gasteiger partial charge in [-0.3, -0.25) is 49.2 Å². The summed E-state index contributed by atoms with van der Waals surface area (Å²) in [6.45, 7) is 2.77. The molecule has 1 aliphatic heterocycles. The van der Waals surface area contributed by atoms with Gasteiger partial charge in [-0.1, -0.05) is 68.3 Å². The number of rotatable bonds is 22. The number of aromatic nitrogens is 1. The van der Waals surface area contributed by atoms with Gasteiger partial charge in [-0.05, 0) is 62.1 Å². The molecule has 2 aromatic carbocycles. The number of carbonyl (C=O) groups is 9. The summed E-state index contributed by atoms with van der Waals surface area (Å²) in [4.78, 5) is 128. The van der Waals surface area contributed by atoms with E-state index in [1.807, 2.05) is 31.2 Å². The molecule has 8 amide bonds. The molecule has 4 rings (SSSR count). The van der Waals surface area contributed by atoms with Crippen LogP contribution < -0.4 is 70.4 Å². The lowest BCUT2D eigenvalue weighted by Gasteiger charge is -2.31. The molecule has 25 heteroatoms. The Morgan fingerprint density at radius 1 is 0.800 bits per heavy atom. The van der Waals surface area contributed by atoms with Crippen molar-refractivity contribution in [3.05, 3.63) is 71.9 Å². The fraction of sp³-hybridized carbons (Fsp3) is 0.500. The number of nitrogens with two attached hydrogens (primary N) is 3. The van der Waals surface area contributed by atoms with Gasteiger partial charge in [0, 0.05) is 69.5 Å². The third kappa shape index (κ3) is 19.7. The number of unbranched alkanes of at least 4 members (excludes halogenated alkanes) is 1. The van der Waals surface area contributed by atoms with Crippen LogP contribution in [0.15, 0.2) is 60.8 Å². The van der Waals surface area contributed by atoms with Crippen molar-refractivity contribution in [2.45, 2.75) is 133 Å². The van der Waals surface area contributed by atoms with Gasteiger partial charge in [-0.25, -0.2) is 0 Å². The average molecular weight is 1040 g/mol.